The smallest absolute Gasteiger partial charge is 0.324 e. The van der Waals surface area contributed by atoms with Gasteiger partial charge in [0.05, 0.1) is 43.7 Å². The summed E-state index contributed by atoms with van der Waals surface area (Å²) < 4.78 is 23.5. The van der Waals surface area contributed by atoms with Crippen LogP contribution in [0.15, 0.2) is 42.5 Å². The van der Waals surface area contributed by atoms with E-state index in [1.807, 2.05) is 77.1 Å². The van der Waals surface area contributed by atoms with Crippen molar-refractivity contribution in [3.63, 3.8) is 0 Å². The van der Waals surface area contributed by atoms with E-state index in [-0.39, 0.29) is 31.7 Å². The van der Waals surface area contributed by atoms with Crippen molar-refractivity contribution in [2.45, 2.75) is 90.6 Å². The molecule has 1 fully saturated rings. The van der Waals surface area contributed by atoms with Gasteiger partial charge in [-0.2, -0.15) is 0 Å². The van der Waals surface area contributed by atoms with E-state index in [1.54, 1.807) is 11.8 Å². The number of nitrogens with zero attached hydrogens (tertiary/aromatic N) is 1. The first-order chi connectivity index (χ1) is 20.1. The maximum absolute atomic E-state index is 12.3. The number of hydrogen-bond acceptors (Lipinski definition) is 9. The molecule has 0 amide bonds. The quantitative estimate of drug-likeness (QED) is 0.184. The molecule has 0 aromatic heterocycles. The number of rotatable bonds is 18. The molecule has 4 atom stereocenters. The molecule has 1 saturated carbocycles. The Balaban J connectivity index is 1.91. The summed E-state index contributed by atoms with van der Waals surface area (Å²) in [5.74, 6) is -0.0352. The number of nitrogens with one attached hydrogen (secondary N) is 1. The van der Waals surface area contributed by atoms with Crippen LogP contribution < -0.4 is 14.8 Å². The number of benzene rings is 2. The molecule has 2 aromatic carbocycles. The fraction of sp³-hybridized carbons (Fsp3) is 0.594. The van der Waals surface area contributed by atoms with Crippen molar-refractivity contribution in [1.29, 1.82) is 0 Å². The second-order valence-electron chi connectivity index (χ2n) is 10.7. The van der Waals surface area contributed by atoms with Gasteiger partial charge in [0.2, 0.25) is 0 Å². The predicted octanol–water partition coefficient (Wildman–Crippen LogP) is 4.57. The fourth-order valence-corrected chi connectivity index (χ4v) is 5.45. The molecule has 2 aromatic rings. The Morgan fingerprint density at radius 1 is 0.976 bits per heavy atom. The van der Waals surface area contributed by atoms with E-state index < -0.39 is 30.0 Å². The minimum atomic E-state index is -1.31. The lowest BCUT2D eigenvalue weighted by atomic mass is 9.74. The van der Waals surface area contributed by atoms with Crippen molar-refractivity contribution in [1.82, 2.24) is 10.2 Å². The average molecular weight is 589 g/mol. The molecule has 10 heteroatoms. The van der Waals surface area contributed by atoms with Crippen molar-refractivity contribution < 1.29 is 39.1 Å². The molecule has 4 N–H and O–H groups in total. The lowest BCUT2D eigenvalue weighted by Gasteiger charge is -2.47. The molecule has 42 heavy (non-hydrogen) atoms. The number of carboxylic acids is 1. The highest BCUT2D eigenvalue weighted by molar-refractivity contribution is 5.80. The summed E-state index contributed by atoms with van der Waals surface area (Å²) in [7, 11) is 0. The van der Waals surface area contributed by atoms with Gasteiger partial charge in [-0.1, -0.05) is 30.3 Å². The molecule has 10 nitrogen and oxygen atoms in total. The molecule has 0 saturated heterocycles. The van der Waals surface area contributed by atoms with Gasteiger partial charge in [-0.25, -0.2) is 0 Å². The highest BCUT2D eigenvalue weighted by atomic mass is 16.5. The average Bonchev–Trinajstić information content (AvgIpc) is 2.93. The third-order valence-electron chi connectivity index (χ3n) is 7.79. The number of aliphatic hydroxyl groups is 2. The van der Waals surface area contributed by atoms with E-state index in [0.717, 1.165) is 11.1 Å². The van der Waals surface area contributed by atoms with Crippen LogP contribution >= 0.6 is 0 Å². The maximum atomic E-state index is 12.3. The predicted molar refractivity (Wildman–Crippen MR) is 160 cm³/mol. The van der Waals surface area contributed by atoms with Crippen LogP contribution in [-0.4, -0.2) is 77.2 Å². The Morgan fingerprint density at radius 3 is 2.07 bits per heavy atom. The molecule has 0 heterocycles. The summed E-state index contributed by atoms with van der Waals surface area (Å²) in [6.45, 7) is 13.0. The molecule has 0 bridgehead atoms. The van der Waals surface area contributed by atoms with E-state index in [0.29, 0.717) is 43.4 Å². The Bertz CT molecular complexity index is 1100. The molecule has 0 radical (unpaired) electrons. The first-order valence-electron chi connectivity index (χ1n) is 14.9. The highest BCUT2D eigenvalue weighted by Crippen LogP contribution is 2.40. The number of carboxylic acid groups (broad SMARTS) is 1. The molecule has 1 aliphatic rings. The van der Waals surface area contributed by atoms with Gasteiger partial charge in [0.1, 0.15) is 17.0 Å². The standard InChI is InChI=1S/C32H48N2O8/c1-7-39-26-19-32(20-26,30(36)37)33-31(38)34(15-16-42-23(6)24-13-11-10-12-14-24)21(4)25-17-27(40-8-2)29(22(5)35)28(18-25)41-9-3/h10-14,17-18,21-23,26,31,33,35,38H,7-9,15-16,19-20H2,1-6H3,(H,36,37)/t21-,22?,23+,26-,31?,32-/m1/s1. The second kappa shape index (κ2) is 15.7. The minimum absolute atomic E-state index is 0.170. The third-order valence-corrected chi connectivity index (χ3v) is 7.79. The second-order valence-corrected chi connectivity index (χ2v) is 10.7. The maximum Gasteiger partial charge on any atom is 0.324 e. The van der Waals surface area contributed by atoms with E-state index in [9.17, 15) is 20.1 Å². The van der Waals surface area contributed by atoms with Crippen LogP contribution in [-0.2, 0) is 14.3 Å². The number of aliphatic hydroxyl groups excluding tert-OH is 2. The van der Waals surface area contributed by atoms with Gasteiger partial charge in [0.15, 0.2) is 6.35 Å². The molecule has 234 valence electrons. The number of carbonyl (C=O) groups is 1. The molecule has 0 aliphatic heterocycles. The zero-order valence-electron chi connectivity index (χ0n) is 25.7. The lowest BCUT2D eigenvalue weighted by molar-refractivity contribution is -0.169. The molecule has 1 aliphatic carbocycles. The van der Waals surface area contributed by atoms with Crippen LogP contribution in [0.4, 0.5) is 0 Å². The van der Waals surface area contributed by atoms with Crippen LogP contribution in [0, 0.1) is 0 Å². The van der Waals surface area contributed by atoms with E-state index in [4.69, 9.17) is 18.9 Å². The Morgan fingerprint density at radius 2 is 1.57 bits per heavy atom. The van der Waals surface area contributed by atoms with E-state index in [1.165, 1.54) is 0 Å². The van der Waals surface area contributed by atoms with Gasteiger partial charge in [0, 0.05) is 32.0 Å². The van der Waals surface area contributed by atoms with Crippen molar-refractivity contribution >= 4 is 5.97 Å². The van der Waals surface area contributed by atoms with Crippen LogP contribution in [0.2, 0.25) is 0 Å². The van der Waals surface area contributed by atoms with Crippen molar-refractivity contribution in [3.8, 4) is 11.5 Å². The normalized spacial score (nSPS) is 21.3. The summed E-state index contributed by atoms with van der Waals surface area (Å²) in [5.41, 5.74) is 1.06. The van der Waals surface area contributed by atoms with Gasteiger partial charge in [-0.05, 0) is 64.8 Å². The van der Waals surface area contributed by atoms with Gasteiger partial charge in [-0.15, -0.1) is 0 Å². The van der Waals surface area contributed by atoms with Gasteiger partial charge >= 0.3 is 5.97 Å². The van der Waals surface area contributed by atoms with Crippen molar-refractivity contribution in [2.24, 2.45) is 0 Å². The Labute approximate surface area is 249 Å². The van der Waals surface area contributed by atoms with Crippen LogP contribution in [0.25, 0.3) is 0 Å². The number of aliphatic carboxylic acids is 1. The summed E-state index contributed by atoms with van der Waals surface area (Å²) in [5, 5.41) is 35.1. The highest BCUT2D eigenvalue weighted by Gasteiger charge is 2.52. The van der Waals surface area contributed by atoms with Crippen LogP contribution in [0.3, 0.4) is 0 Å². The van der Waals surface area contributed by atoms with Crippen LogP contribution in [0.5, 0.6) is 11.5 Å². The zero-order valence-corrected chi connectivity index (χ0v) is 25.7. The van der Waals surface area contributed by atoms with E-state index >= 15 is 0 Å². The largest absolute Gasteiger partial charge is 0.493 e. The molecule has 3 rings (SSSR count). The fourth-order valence-electron chi connectivity index (χ4n) is 5.45. The Kier molecular flexibility index (Phi) is 12.6. The summed E-state index contributed by atoms with van der Waals surface area (Å²) in [6, 6.07) is 13.1. The first kappa shape index (κ1) is 33.8. The minimum Gasteiger partial charge on any atom is -0.493 e. The van der Waals surface area contributed by atoms with Gasteiger partial charge < -0.3 is 34.3 Å². The summed E-state index contributed by atoms with van der Waals surface area (Å²) >= 11 is 0. The number of ether oxygens (including phenoxy) is 4. The van der Waals surface area contributed by atoms with Crippen LogP contribution in [0.1, 0.15) is 89.3 Å². The lowest BCUT2D eigenvalue weighted by Crippen LogP contribution is -2.68. The topological polar surface area (TPSA) is 130 Å². The number of hydrogen-bond donors (Lipinski definition) is 4. The van der Waals surface area contributed by atoms with E-state index in [2.05, 4.69) is 5.32 Å². The third kappa shape index (κ3) is 8.21. The zero-order chi connectivity index (χ0) is 30.9. The molecule has 0 spiro atoms. The monoisotopic (exact) mass is 588 g/mol. The molecular weight excluding hydrogens is 540 g/mol. The SMILES string of the molecule is CCOc1cc([C@@H](C)N(CCO[C@@H](C)c2ccccc2)C(O)N[C@]2(C(=O)O)C[C@@H](OCC)C2)cc(OCC)c1C(C)O. The first-order valence-corrected chi connectivity index (χ1v) is 14.9. The Hall–Kier alpha value is -2.73. The van der Waals surface area contributed by atoms with Gasteiger partial charge in [-0.3, -0.25) is 15.0 Å². The molecule has 2 unspecified atom stereocenters. The summed E-state index contributed by atoms with van der Waals surface area (Å²) in [4.78, 5) is 14.1. The van der Waals surface area contributed by atoms with Crippen molar-refractivity contribution in [3.05, 3.63) is 59.2 Å². The molecular formula is C32H48N2O8. The van der Waals surface area contributed by atoms with Crippen molar-refractivity contribution in [2.75, 3.05) is 33.0 Å². The summed E-state index contributed by atoms with van der Waals surface area (Å²) in [6.07, 6.45) is -1.97. The van der Waals surface area contributed by atoms with Gasteiger partial charge in [0.25, 0.3) is 0 Å².